The van der Waals surface area contributed by atoms with Gasteiger partial charge in [0.2, 0.25) is 5.91 Å². The number of thioether (sulfide) groups is 1. The van der Waals surface area contributed by atoms with Crippen LogP contribution in [0.3, 0.4) is 0 Å². The van der Waals surface area contributed by atoms with Gasteiger partial charge in [0, 0.05) is 25.0 Å². The minimum absolute atomic E-state index is 0.145. The van der Waals surface area contributed by atoms with Crippen LogP contribution in [0.5, 0.6) is 0 Å². The first-order chi connectivity index (χ1) is 9.04. The Hall–Kier alpha value is -1.00. The smallest absolute Gasteiger partial charge is 0.232 e. The second-order valence-electron chi connectivity index (χ2n) is 4.82. The lowest BCUT2D eigenvalue weighted by atomic mass is 10.1. The molecule has 1 unspecified atom stereocenters. The average Bonchev–Trinajstić information content (AvgIpc) is 2.42. The molecule has 1 atom stereocenters. The third kappa shape index (κ3) is 5.66. The van der Waals surface area contributed by atoms with Crippen molar-refractivity contribution in [3.05, 3.63) is 29.8 Å². The molecule has 0 heterocycles. The van der Waals surface area contributed by atoms with Crippen molar-refractivity contribution in [2.75, 3.05) is 26.4 Å². The molecule has 1 aromatic rings. The van der Waals surface area contributed by atoms with E-state index < -0.39 is 0 Å². The van der Waals surface area contributed by atoms with E-state index >= 15 is 0 Å². The van der Waals surface area contributed by atoms with Crippen LogP contribution in [0.1, 0.15) is 31.9 Å². The van der Waals surface area contributed by atoms with Gasteiger partial charge in [-0.2, -0.15) is 0 Å². The van der Waals surface area contributed by atoms with Gasteiger partial charge >= 0.3 is 0 Å². The van der Waals surface area contributed by atoms with E-state index in [4.69, 9.17) is 0 Å². The largest absolute Gasteiger partial charge is 0.348 e. The van der Waals surface area contributed by atoms with Crippen molar-refractivity contribution in [1.29, 1.82) is 0 Å². The number of hydrogen-bond donors (Lipinski definition) is 1. The molecule has 1 aromatic carbocycles. The highest BCUT2D eigenvalue weighted by molar-refractivity contribution is 8.00. The molecule has 0 bridgehead atoms. The zero-order valence-corrected chi connectivity index (χ0v) is 13.1. The number of benzene rings is 1. The van der Waals surface area contributed by atoms with E-state index in [1.807, 2.05) is 0 Å². The predicted octanol–water partition coefficient (Wildman–Crippen LogP) is 2.93. The van der Waals surface area contributed by atoms with Gasteiger partial charge in [0.05, 0.1) is 5.75 Å². The van der Waals surface area contributed by atoms with Crippen LogP contribution in [0.15, 0.2) is 29.2 Å². The van der Waals surface area contributed by atoms with E-state index in [0.29, 0.717) is 11.8 Å². The summed E-state index contributed by atoms with van der Waals surface area (Å²) in [5.74, 6) is 0.641. The number of hydrogen-bond acceptors (Lipinski definition) is 3. The highest BCUT2D eigenvalue weighted by Gasteiger charge is 2.06. The Balaban J connectivity index is 2.49. The van der Waals surface area contributed by atoms with Crippen molar-refractivity contribution < 1.29 is 4.79 Å². The normalized spacial score (nSPS) is 12.2. The molecule has 4 heteroatoms. The van der Waals surface area contributed by atoms with Gasteiger partial charge in [-0.05, 0) is 37.6 Å². The summed E-state index contributed by atoms with van der Waals surface area (Å²) in [5.41, 5.74) is 1.29. The second kappa shape index (κ2) is 8.23. The molecule has 0 spiro atoms. The van der Waals surface area contributed by atoms with E-state index in [1.165, 1.54) is 5.56 Å². The van der Waals surface area contributed by atoms with Crippen LogP contribution in [-0.4, -0.2) is 37.2 Å². The highest BCUT2D eigenvalue weighted by Crippen LogP contribution is 2.21. The summed E-state index contributed by atoms with van der Waals surface area (Å²) in [5, 5.41) is 3.47. The summed E-state index contributed by atoms with van der Waals surface area (Å²) in [4.78, 5) is 14.3. The molecule has 0 saturated carbocycles. The second-order valence-corrected chi connectivity index (χ2v) is 5.87. The predicted molar refractivity (Wildman–Crippen MR) is 82.6 cm³/mol. The minimum Gasteiger partial charge on any atom is -0.348 e. The fourth-order valence-electron chi connectivity index (χ4n) is 1.61. The molecule has 0 aliphatic rings. The molecular formula is C15H24N2OS. The van der Waals surface area contributed by atoms with E-state index in [1.54, 1.807) is 30.8 Å². The Morgan fingerprint density at radius 1 is 1.32 bits per heavy atom. The van der Waals surface area contributed by atoms with Crippen LogP contribution in [-0.2, 0) is 4.79 Å². The molecule has 0 aliphatic heterocycles. The molecule has 0 aliphatic carbocycles. The number of carbonyl (C=O) groups excluding carboxylic acids is 1. The molecule has 106 valence electrons. The zero-order valence-electron chi connectivity index (χ0n) is 12.3. The molecule has 19 heavy (non-hydrogen) atoms. The number of rotatable bonds is 7. The lowest BCUT2D eigenvalue weighted by molar-refractivity contribution is -0.125. The first-order valence-corrected chi connectivity index (χ1v) is 7.69. The van der Waals surface area contributed by atoms with Crippen molar-refractivity contribution >= 4 is 17.7 Å². The molecule has 3 nitrogen and oxygen atoms in total. The third-order valence-corrected chi connectivity index (χ3v) is 3.94. The monoisotopic (exact) mass is 280 g/mol. The number of nitrogens with one attached hydrogen (secondary N) is 1. The van der Waals surface area contributed by atoms with Crippen LogP contribution in [0.4, 0.5) is 0 Å². The Bertz CT molecular complexity index is 390. The van der Waals surface area contributed by atoms with Gasteiger partial charge in [0.15, 0.2) is 0 Å². The minimum atomic E-state index is 0.145. The number of amides is 1. The lowest BCUT2D eigenvalue weighted by Crippen LogP contribution is -2.23. The maximum absolute atomic E-state index is 11.5. The molecule has 0 radical (unpaired) electrons. The maximum Gasteiger partial charge on any atom is 0.232 e. The van der Waals surface area contributed by atoms with Gasteiger partial charge in [-0.1, -0.05) is 19.1 Å². The molecule has 0 aromatic heterocycles. The van der Waals surface area contributed by atoms with Crippen LogP contribution in [0, 0.1) is 0 Å². The van der Waals surface area contributed by atoms with Crippen molar-refractivity contribution in [3.63, 3.8) is 0 Å². The summed E-state index contributed by atoms with van der Waals surface area (Å²) in [6.07, 6.45) is 1.14. The Kier molecular flexibility index (Phi) is 6.95. The topological polar surface area (TPSA) is 32.3 Å². The van der Waals surface area contributed by atoms with Crippen molar-refractivity contribution in [2.45, 2.75) is 31.2 Å². The summed E-state index contributed by atoms with van der Waals surface area (Å²) >= 11 is 1.58. The first-order valence-electron chi connectivity index (χ1n) is 6.71. The van der Waals surface area contributed by atoms with E-state index in [0.717, 1.165) is 17.9 Å². The summed E-state index contributed by atoms with van der Waals surface area (Å²) in [6, 6.07) is 8.83. The standard InChI is InChI=1S/C15H24N2OS/c1-5-10-16-12(2)13-6-8-14(9-7-13)19-11-15(18)17(3)4/h6-9,12,16H,5,10-11H2,1-4H3. The number of nitrogens with zero attached hydrogens (tertiary/aromatic N) is 1. The van der Waals surface area contributed by atoms with Gasteiger partial charge in [0.25, 0.3) is 0 Å². The van der Waals surface area contributed by atoms with Gasteiger partial charge in [-0.25, -0.2) is 0 Å². The van der Waals surface area contributed by atoms with Gasteiger partial charge in [0.1, 0.15) is 0 Å². The van der Waals surface area contributed by atoms with Crippen molar-refractivity contribution in [1.82, 2.24) is 10.2 Å². The summed E-state index contributed by atoms with van der Waals surface area (Å²) < 4.78 is 0. The molecule has 1 rings (SSSR count). The average molecular weight is 280 g/mol. The molecular weight excluding hydrogens is 256 g/mol. The van der Waals surface area contributed by atoms with Gasteiger partial charge in [-0.3, -0.25) is 4.79 Å². The Morgan fingerprint density at radius 2 is 1.95 bits per heavy atom. The summed E-state index contributed by atoms with van der Waals surface area (Å²) in [6.45, 7) is 5.38. The van der Waals surface area contributed by atoms with Crippen molar-refractivity contribution in [3.8, 4) is 0 Å². The first kappa shape index (κ1) is 16.1. The van der Waals surface area contributed by atoms with Crippen LogP contribution in [0.25, 0.3) is 0 Å². The Labute approximate surface area is 120 Å². The third-order valence-electron chi connectivity index (χ3n) is 2.94. The molecule has 0 saturated heterocycles. The van der Waals surface area contributed by atoms with Crippen molar-refractivity contribution in [2.24, 2.45) is 0 Å². The fourth-order valence-corrected chi connectivity index (χ4v) is 2.48. The molecule has 1 N–H and O–H groups in total. The molecule has 1 amide bonds. The van der Waals surface area contributed by atoms with E-state index in [9.17, 15) is 4.79 Å². The SMILES string of the molecule is CCCNC(C)c1ccc(SCC(=O)N(C)C)cc1. The highest BCUT2D eigenvalue weighted by atomic mass is 32.2. The number of carbonyl (C=O) groups is 1. The summed E-state index contributed by atoms with van der Waals surface area (Å²) in [7, 11) is 3.57. The molecule has 0 fully saturated rings. The van der Waals surface area contributed by atoms with Gasteiger partial charge in [-0.15, -0.1) is 11.8 Å². The van der Waals surface area contributed by atoms with E-state index in [-0.39, 0.29) is 5.91 Å². The fraction of sp³-hybridized carbons (Fsp3) is 0.533. The Morgan fingerprint density at radius 3 is 2.47 bits per heavy atom. The van der Waals surface area contributed by atoms with Crippen LogP contribution >= 0.6 is 11.8 Å². The van der Waals surface area contributed by atoms with Crippen LogP contribution in [0.2, 0.25) is 0 Å². The van der Waals surface area contributed by atoms with Gasteiger partial charge < -0.3 is 10.2 Å². The quantitative estimate of drug-likeness (QED) is 0.779. The lowest BCUT2D eigenvalue weighted by Gasteiger charge is -2.14. The van der Waals surface area contributed by atoms with Crippen LogP contribution < -0.4 is 5.32 Å². The zero-order chi connectivity index (χ0) is 14.3. The maximum atomic E-state index is 11.5. The van der Waals surface area contributed by atoms with E-state index in [2.05, 4.69) is 43.4 Å².